The molecule has 0 aliphatic heterocycles. The smallest absolute Gasteiger partial charge is 0.143 e. The van der Waals surface area contributed by atoms with E-state index in [4.69, 9.17) is 10.00 Å². The van der Waals surface area contributed by atoms with Gasteiger partial charge in [0.15, 0.2) is 0 Å². The third kappa shape index (κ3) is 2.28. The highest BCUT2D eigenvalue weighted by Gasteiger charge is 2.11. The van der Waals surface area contributed by atoms with Gasteiger partial charge in [0.1, 0.15) is 12.4 Å². The van der Waals surface area contributed by atoms with Crippen molar-refractivity contribution in [1.82, 2.24) is 4.98 Å². The standard InChI is InChI=1S/C16H14N2OS/c1-11-13(5-7-17)14-3-2-4-15(16(14)18-11)19-9-12-6-8-20-10-12/h2-4,6,8,10,18H,5,9H2,1H3. The molecule has 1 aromatic carbocycles. The van der Waals surface area contributed by atoms with Crippen molar-refractivity contribution in [1.29, 1.82) is 5.26 Å². The maximum atomic E-state index is 8.93. The average Bonchev–Trinajstić information content (AvgIpc) is 3.06. The monoisotopic (exact) mass is 282 g/mol. The minimum absolute atomic E-state index is 0.416. The van der Waals surface area contributed by atoms with Gasteiger partial charge in [-0.15, -0.1) is 0 Å². The van der Waals surface area contributed by atoms with Crippen molar-refractivity contribution in [3.8, 4) is 11.8 Å². The number of rotatable bonds is 4. The van der Waals surface area contributed by atoms with Crippen LogP contribution in [0.4, 0.5) is 0 Å². The van der Waals surface area contributed by atoms with E-state index in [0.29, 0.717) is 13.0 Å². The van der Waals surface area contributed by atoms with Crippen molar-refractivity contribution in [3.63, 3.8) is 0 Å². The van der Waals surface area contributed by atoms with Gasteiger partial charge in [-0.3, -0.25) is 0 Å². The number of hydrogen-bond donors (Lipinski definition) is 1. The summed E-state index contributed by atoms with van der Waals surface area (Å²) in [6.45, 7) is 2.56. The lowest BCUT2D eigenvalue weighted by atomic mass is 10.1. The number of fused-ring (bicyclic) bond motifs is 1. The number of aromatic amines is 1. The number of benzene rings is 1. The van der Waals surface area contributed by atoms with Gasteiger partial charge in [0.2, 0.25) is 0 Å². The van der Waals surface area contributed by atoms with E-state index in [0.717, 1.165) is 27.9 Å². The Labute approximate surface area is 121 Å². The Bertz CT molecular complexity index is 766. The molecule has 0 saturated carbocycles. The predicted molar refractivity (Wildman–Crippen MR) is 81.0 cm³/mol. The molecule has 0 unspecified atom stereocenters. The van der Waals surface area contributed by atoms with Crippen LogP contribution in [0.1, 0.15) is 16.8 Å². The molecule has 0 amide bonds. The quantitative estimate of drug-likeness (QED) is 0.780. The second-order valence-electron chi connectivity index (χ2n) is 4.66. The fourth-order valence-electron chi connectivity index (χ4n) is 2.34. The first-order valence-electron chi connectivity index (χ1n) is 6.40. The van der Waals surface area contributed by atoms with Gasteiger partial charge in [0, 0.05) is 11.1 Å². The van der Waals surface area contributed by atoms with Crippen LogP contribution in [0.2, 0.25) is 0 Å². The minimum Gasteiger partial charge on any atom is -0.487 e. The maximum Gasteiger partial charge on any atom is 0.143 e. The first-order chi connectivity index (χ1) is 9.79. The second-order valence-corrected chi connectivity index (χ2v) is 5.44. The molecule has 1 N–H and O–H groups in total. The summed E-state index contributed by atoms with van der Waals surface area (Å²) in [7, 11) is 0. The highest BCUT2D eigenvalue weighted by molar-refractivity contribution is 7.07. The normalized spacial score (nSPS) is 10.6. The van der Waals surface area contributed by atoms with E-state index < -0.39 is 0 Å². The van der Waals surface area contributed by atoms with Crippen LogP contribution in [0.25, 0.3) is 10.9 Å². The topological polar surface area (TPSA) is 48.8 Å². The molecule has 4 heteroatoms. The van der Waals surface area contributed by atoms with Gasteiger partial charge in [-0.1, -0.05) is 12.1 Å². The van der Waals surface area contributed by atoms with E-state index in [-0.39, 0.29) is 0 Å². The van der Waals surface area contributed by atoms with Crippen LogP contribution in [0.15, 0.2) is 35.0 Å². The summed E-state index contributed by atoms with van der Waals surface area (Å²) < 4.78 is 5.90. The predicted octanol–water partition coefficient (Wildman–Crippen LogP) is 4.18. The first-order valence-corrected chi connectivity index (χ1v) is 7.35. The molecule has 2 aromatic heterocycles. The number of aromatic nitrogens is 1. The summed E-state index contributed by atoms with van der Waals surface area (Å²) in [5.74, 6) is 0.834. The molecule has 2 heterocycles. The molecule has 20 heavy (non-hydrogen) atoms. The summed E-state index contributed by atoms with van der Waals surface area (Å²) in [4.78, 5) is 3.34. The highest BCUT2D eigenvalue weighted by Crippen LogP contribution is 2.30. The van der Waals surface area contributed by atoms with E-state index in [9.17, 15) is 0 Å². The van der Waals surface area contributed by atoms with E-state index in [1.807, 2.05) is 30.5 Å². The summed E-state index contributed by atoms with van der Waals surface area (Å²) >= 11 is 1.67. The molecular weight excluding hydrogens is 268 g/mol. The van der Waals surface area contributed by atoms with Crippen LogP contribution in [0.5, 0.6) is 5.75 Å². The van der Waals surface area contributed by atoms with Gasteiger partial charge in [0.25, 0.3) is 0 Å². The van der Waals surface area contributed by atoms with Crippen LogP contribution >= 0.6 is 11.3 Å². The minimum atomic E-state index is 0.416. The lowest BCUT2D eigenvalue weighted by Gasteiger charge is -2.06. The Morgan fingerprint density at radius 3 is 3.00 bits per heavy atom. The second kappa shape index (κ2) is 5.40. The zero-order valence-corrected chi connectivity index (χ0v) is 12.0. The molecule has 3 rings (SSSR count). The first kappa shape index (κ1) is 12.8. The van der Waals surface area contributed by atoms with Crippen LogP contribution < -0.4 is 4.74 Å². The van der Waals surface area contributed by atoms with E-state index in [1.165, 1.54) is 5.56 Å². The molecule has 0 aliphatic carbocycles. The number of nitrogens with zero attached hydrogens (tertiary/aromatic N) is 1. The van der Waals surface area contributed by atoms with Gasteiger partial charge in [-0.2, -0.15) is 16.6 Å². The third-order valence-corrected chi connectivity index (χ3v) is 4.08. The van der Waals surface area contributed by atoms with Crippen LogP contribution in [-0.4, -0.2) is 4.98 Å². The van der Waals surface area contributed by atoms with Crippen molar-refractivity contribution >= 4 is 22.2 Å². The van der Waals surface area contributed by atoms with Crippen molar-refractivity contribution in [2.24, 2.45) is 0 Å². The Balaban J connectivity index is 1.95. The van der Waals surface area contributed by atoms with E-state index >= 15 is 0 Å². The van der Waals surface area contributed by atoms with E-state index in [2.05, 4.69) is 22.5 Å². The fourth-order valence-corrected chi connectivity index (χ4v) is 2.99. The molecule has 0 fully saturated rings. The molecule has 3 aromatic rings. The lowest BCUT2D eigenvalue weighted by molar-refractivity contribution is 0.310. The Hall–Kier alpha value is -2.25. The SMILES string of the molecule is Cc1[nH]c2c(OCc3ccsc3)cccc2c1CC#N. The van der Waals surface area contributed by atoms with Crippen molar-refractivity contribution in [2.45, 2.75) is 20.0 Å². The molecule has 0 saturated heterocycles. The summed E-state index contributed by atoms with van der Waals surface area (Å²) in [6, 6.07) is 10.2. The van der Waals surface area contributed by atoms with Gasteiger partial charge in [-0.05, 0) is 40.9 Å². The van der Waals surface area contributed by atoms with E-state index in [1.54, 1.807) is 11.3 Å². The summed E-state index contributed by atoms with van der Waals surface area (Å²) in [5, 5.41) is 14.1. The Morgan fingerprint density at radius 2 is 2.25 bits per heavy atom. The van der Waals surface area contributed by atoms with Crippen molar-refractivity contribution in [3.05, 3.63) is 51.8 Å². The molecule has 100 valence electrons. The average molecular weight is 282 g/mol. The maximum absolute atomic E-state index is 8.93. The number of aryl methyl sites for hydroxylation is 1. The number of para-hydroxylation sites is 1. The number of nitriles is 1. The molecule has 0 spiro atoms. The fraction of sp³-hybridized carbons (Fsp3) is 0.188. The number of thiophene rings is 1. The third-order valence-electron chi connectivity index (χ3n) is 3.35. The summed E-state index contributed by atoms with van der Waals surface area (Å²) in [5.41, 5.74) is 4.25. The molecule has 3 nitrogen and oxygen atoms in total. The molecule has 0 bridgehead atoms. The zero-order chi connectivity index (χ0) is 13.9. The Kier molecular flexibility index (Phi) is 3.44. The molecule has 0 radical (unpaired) electrons. The number of nitrogens with one attached hydrogen (secondary N) is 1. The molecule has 0 atom stereocenters. The largest absolute Gasteiger partial charge is 0.487 e. The van der Waals surface area contributed by atoms with Gasteiger partial charge >= 0.3 is 0 Å². The van der Waals surface area contributed by atoms with Gasteiger partial charge in [0.05, 0.1) is 18.0 Å². The van der Waals surface area contributed by atoms with Crippen LogP contribution in [-0.2, 0) is 13.0 Å². The number of hydrogen-bond acceptors (Lipinski definition) is 3. The zero-order valence-electron chi connectivity index (χ0n) is 11.1. The lowest BCUT2D eigenvalue weighted by Crippen LogP contribution is -1.94. The van der Waals surface area contributed by atoms with Gasteiger partial charge < -0.3 is 9.72 Å². The van der Waals surface area contributed by atoms with Crippen LogP contribution in [0, 0.1) is 18.3 Å². The number of ether oxygens (including phenoxy) is 1. The van der Waals surface area contributed by atoms with Crippen molar-refractivity contribution < 1.29 is 4.74 Å². The van der Waals surface area contributed by atoms with Crippen LogP contribution in [0.3, 0.4) is 0 Å². The molecule has 0 aliphatic rings. The van der Waals surface area contributed by atoms with Gasteiger partial charge in [-0.25, -0.2) is 0 Å². The Morgan fingerprint density at radius 1 is 1.35 bits per heavy atom. The summed E-state index contributed by atoms with van der Waals surface area (Å²) in [6.07, 6.45) is 0.416. The molecular formula is C16H14N2OS. The number of H-pyrrole nitrogens is 1. The van der Waals surface area contributed by atoms with Crippen molar-refractivity contribution in [2.75, 3.05) is 0 Å². The highest BCUT2D eigenvalue weighted by atomic mass is 32.1.